The predicted octanol–water partition coefficient (Wildman–Crippen LogP) is 5.83. The van der Waals surface area contributed by atoms with Crippen LogP contribution in [-0.4, -0.2) is 53.2 Å². The summed E-state index contributed by atoms with van der Waals surface area (Å²) in [6.07, 6.45) is 0.411. The third kappa shape index (κ3) is 7.51. The minimum absolute atomic E-state index is 0.00467. The Kier molecular flexibility index (Phi) is 11.0. The van der Waals surface area contributed by atoms with E-state index in [1.54, 1.807) is 37.3 Å². The highest BCUT2D eigenvalue weighted by atomic mass is 32.1. The number of likely N-dealkylation sites (N-methyl/N-ethyl adjacent to an activating group) is 1. The lowest BCUT2D eigenvalue weighted by Gasteiger charge is -2.44. The van der Waals surface area contributed by atoms with E-state index in [0.29, 0.717) is 11.8 Å². The number of aromatic nitrogens is 2. The first kappa shape index (κ1) is 36.4. The summed E-state index contributed by atoms with van der Waals surface area (Å²) >= 11 is 4.93. The van der Waals surface area contributed by atoms with Crippen LogP contribution in [-0.2, 0) is 30.0 Å². The van der Waals surface area contributed by atoms with Crippen LogP contribution < -0.4 is 15.5 Å². The molecule has 0 radical (unpaired) electrons. The fourth-order valence-electron chi connectivity index (χ4n) is 5.07. The lowest BCUT2D eigenvalue weighted by atomic mass is 9.80. The van der Waals surface area contributed by atoms with Crippen LogP contribution in [0.15, 0.2) is 103 Å². The maximum atomic E-state index is 14.4. The molecule has 0 fully saturated rings. The third-order valence-corrected chi connectivity index (χ3v) is 8.26. The first-order chi connectivity index (χ1) is 23.2. The Morgan fingerprint density at radius 2 is 1.78 bits per heavy atom. The topological polar surface area (TPSA) is 123 Å². The lowest BCUT2D eigenvalue weighted by molar-refractivity contribution is -0.137. The predicted molar refractivity (Wildman–Crippen MR) is 178 cm³/mol. The van der Waals surface area contributed by atoms with Crippen molar-refractivity contribution < 1.29 is 41.5 Å². The Labute approximate surface area is 284 Å². The molecule has 2 heterocycles. The summed E-state index contributed by atoms with van der Waals surface area (Å²) in [5.74, 6) is -4.23. The van der Waals surface area contributed by atoms with Crippen LogP contribution in [0.3, 0.4) is 0 Å². The summed E-state index contributed by atoms with van der Waals surface area (Å²) in [6.45, 7) is 7.11. The van der Waals surface area contributed by atoms with Gasteiger partial charge in [0, 0.05) is 24.3 Å². The van der Waals surface area contributed by atoms with E-state index in [1.165, 1.54) is 22.6 Å². The molecule has 0 unspecified atom stereocenters. The van der Waals surface area contributed by atoms with Crippen molar-refractivity contribution in [1.82, 2.24) is 15.1 Å². The molecule has 15 heteroatoms. The molecule has 3 amide bonds. The summed E-state index contributed by atoms with van der Waals surface area (Å²) in [7, 11) is 1.12. The Morgan fingerprint density at radius 3 is 2.39 bits per heavy atom. The fourth-order valence-corrected chi connectivity index (χ4v) is 5.53. The number of carbonyl (C=O) groups excluding carboxylic acids is 4. The zero-order valence-corrected chi connectivity index (χ0v) is 27.3. The molecular weight excluding hydrogens is 666 g/mol. The van der Waals surface area contributed by atoms with Crippen molar-refractivity contribution in [2.75, 3.05) is 23.9 Å². The number of benzene rings is 2. The normalized spacial score (nSPS) is 18.0. The number of anilines is 2. The Morgan fingerprint density at radius 1 is 1.08 bits per heavy atom. The minimum atomic E-state index is -4.75. The van der Waals surface area contributed by atoms with E-state index >= 15 is 0 Å². The summed E-state index contributed by atoms with van der Waals surface area (Å²) in [5, 5.41) is 9.68. The standard InChI is InChI=1S/C34H31F4N5O5S/c1-5-23(35)16-15-20(3)33(49)27-29(39-25(44)17-18-26(45)48-4)41-43(24-13-8-7-9-14-24)31(27)42(6-2)32(47)28(33)40-30(46)21-11-10-12-22(19-21)34(36,37)38/h5,7-19,28,49H,3,6H2,1-2,4H3,(H,40,46)(H,39,41,44)/b16-15-,18-17+,23-5+/t28-,33+/m1/s1. The number of thiol groups is 1. The highest BCUT2D eigenvalue weighted by molar-refractivity contribution is 7.81. The molecule has 4 rings (SSSR count). The van der Waals surface area contributed by atoms with Crippen LogP contribution in [0.2, 0.25) is 0 Å². The van der Waals surface area contributed by atoms with E-state index in [2.05, 4.69) is 27.0 Å². The van der Waals surface area contributed by atoms with Crippen molar-refractivity contribution in [2.45, 2.75) is 30.8 Å². The summed E-state index contributed by atoms with van der Waals surface area (Å²) < 4.78 is 58.7. The van der Waals surface area contributed by atoms with E-state index in [0.717, 1.165) is 49.6 Å². The zero-order chi connectivity index (χ0) is 36.1. The van der Waals surface area contributed by atoms with Crippen LogP contribution in [0, 0.1) is 0 Å². The smallest absolute Gasteiger partial charge is 0.416 e. The quantitative estimate of drug-likeness (QED) is 0.0806. The summed E-state index contributed by atoms with van der Waals surface area (Å²) in [5.41, 5.74) is -1.08. The van der Waals surface area contributed by atoms with Gasteiger partial charge in [0.1, 0.15) is 17.7 Å². The molecule has 1 aliphatic rings. The van der Waals surface area contributed by atoms with E-state index in [4.69, 9.17) is 12.6 Å². The maximum Gasteiger partial charge on any atom is 0.416 e. The van der Waals surface area contributed by atoms with E-state index in [-0.39, 0.29) is 29.3 Å². The lowest BCUT2D eigenvalue weighted by Crippen LogP contribution is -2.61. The molecule has 3 aromatic rings. The number of carbonyl (C=O) groups is 4. The van der Waals surface area contributed by atoms with Crippen LogP contribution >= 0.6 is 12.6 Å². The second-order valence-corrected chi connectivity index (χ2v) is 11.2. The van der Waals surface area contributed by atoms with Gasteiger partial charge in [0.05, 0.1) is 28.7 Å². The van der Waals surface area contributed by atoms with Crippen molar-refractivity contribution in [2.24, 2.45) is 0 Å². The number of esters is 1. The van der Waals surface area contributed by atoms with Gasteiger partial charge < -0.3 is 15.4 Å². The van der Waals surface area contributed by atoms with Gasteiger partial charge in [-0.1, -0.05) is 43.0 Å². The molecule has 0 aliphatic carbocycles. The highest BCUT2D eigenvalue weighted by Crippen LogP contribution is 2.52. The SMILES string of the molecule is C=C(/C=C\C(F)=C/C)[C@]1(S)c2c(NC(=O)/C=C/C(=O)OC)nn(-c3ccccc3)c2N(CC)C(=O)[C@H]1NC(=O)c1cccc(C(F)(F)F)c1. The van der Waals surface area contributed by atoms with Crippen LogP contribution in [0.4, 0.5) is 29.2 Å². The van der Waals surface area contributed by atoms with Crippen molar-refractivity contribution in [3.63, 3.8) is 0 Å². The number of hydrogen-bond donors (Lipinski definition) is 3. The number of hydrogen-bond acceptors (Lipinski definition) is 7. The Bertz CT molecular complexity index is 1890. The molecule has 10 nitrogen and oxygen atoms in total. The molecular formula is C34H31F4N5O5S. The van der Waals surface area contributed by atoms with E-state index in [1.807, 2.05) is 0 Å². The van der Waals surface area contributed by atoms with Crippen molar-refractivity contribution in [3.05, 3.63) is 120 Å². The van der Waals surface area contributed by atoms with Gasteiger partial charge in [-0.2, -0.15) is 25.8 Å². The molecule has 2 atom stereocenters. The Hall–Kier alpha value is -5.44. The highest BCUT2D eigenvalue weighted by Gasteiger charge is 2.55. The number of alkyl halides is 3. The number of fused-ring (bicyclic) bond motifs is 1. The van der Waals surface area contributed by atoms with Gasteiger partial charge in [-0.05, 0) is 55.8 Å². The number of amides is 3. The van der Waals surface area contributed by atoms with Crippen molar-refractivity contribution >= 4 is 48.0 Å². The molecule has 1 aliphatic heterocycles. The molecule has 49 heavy (non-hydrogen) atoms. The molecule has 0 saturated heterocycles. The number of nitrogens with one attached hydrogen (secondary N) is 2. The van der Waals surface area contributed by atoms with Crippen LogP contribution in [0.25, 0.3) is 5.69 Å². The number of allylic oxidation sites excluding steroid dienone is 4. The number of methoxy groups -OCH3 is 1. The average Bonchev–Trinajstić information content (AvgIpc) is 3.46. The first-order valence-corrected chi connectivity index (χ1v) is 15.1. The number of rotatable bonds is 10. The van der Waals surface area contributed by atoms with E-state index in [9.17, 15) is 36.7 Å². The fraction of sp³-hybridized carbons (Fsp3) is 0.206. The first-order valence-electron chi connectivity index (χ1n) is 14.6. The van der Waals surface area contributed by atoms with Gasteiger partial charge in [-0.15, -0.1) is 5.10 Å². The van der Waals surface area contributed by atoms with Gasteiger partial charge in [0.15, 0.2) is 5.82 Å². The van der Waals surface area contributed by atoms with Gasteiger partial charge in [-0.25, -0.2) is 13.9 Å². The van der Waals surface area contributed by atoms with Gasteiger partial charge in [0.25, 0.3) is 11.8 Å². The van der Waals surface area contributed by atoms with Crippen LogP contribution in [0.1, 0.15) is 35.3 Å². The molecule has 2 aromatic carbocycles. The van der Waals surface area contributed by atoms with Gasteiger partial charge >= 0.3 is 12.1 Å². The monoisotopic (exact) mass is 697 g/mol. The van der Waals surface area contributed by atoms with Gasteiger partial charge in [-0.3, -0.25) is 19.3 Å². The Balaban J connectivity index is 1.99. The number of ether oxygens (including phenoxy) is 1. The number of nitrogens with zero attached hydrogens (tertiary/aromatic N) is 3. The molecule has 1 aromatic heterocycles. The van der Waals surface area contributed by atoms with Crippen molar-refractivity contribution in [3.8, 4) is 5.69 Å². The second kappa shape index (κ2) is 14.8. The average molecular weight is 698 g/mol. The molecule has 0 saturated carbocycles. The zero-order valence-electron chi connectivity index (χ0n) is 26.4. The van der Waals surface area contributed by atoms with Crippen molar-refractivity contribution in [1.29, 1.82) is 0 Å². The largest absolute Gasteiger partial charge is 0.466 e. The molecule has 2 N–H and O–H groups in total. The molecule has 256 valence electrons. The third-order valence-electron chi connectivity index (χ3n) is 7.50. The van der Waals surface area contributed by atoms with Gasteiger partial charge in [0.2, 0.25) is 5.91 Å². The number of halogens is 4. The molecule has 0 bridgehead atoms. The maximum absolute atomic E-state index is 14.4. The second-order valence-electron chi connectivity index (χ2n) is 10.5. The summed E-state index contributed by atoms with van der Waals surface area (Å²) in [4.78, 5) is 54.0. The van der Waals surface area contributed by atoms with Crippen LogP contribution in [0.5, 0.6) is 0 Å². The molecule has 0 spiro atoms. The minimum Gasteiger partial charge on any atom is -0.466 e. The summed E-state index contributed by atoms with van der Waals surface area (Å²) in [6, 6.07) is 10.4. The van der Waals surface area contributed by atoms with E-state index < -0.39 is 57.6 Å². The number of para-hydroxylation sites is 1.